The Labute approximate surface area is 120 Å². The van der Waals surface area contributed by atoms with Crippen LogP contribution in [-0.2, 0) is 14.8 Å². The molecule has 0 aliphatic carbocycles. The molecule has 2 N–H and O–H groups in total. The maximum absolute atomic E-state index is 11.8. The minimum Gasteiger partial charge on any atom is -0.481 e. The topological polar surface area (TPSA) is 96.4 Å². The molecular weight excluding hydrogens is 300 g/mol. The summed E-state index contributed by atoms with van der Waals surface area (Å²) in [4.78, 5) is 14.6. The fraction of sp³-hybridized carbons (Fsp3) is 0.333. The second kappa shape index (κ2) is 5.76. The van der Waals surface area contributed by atoms with Crippen LogP contribution in [0.5, 0.6) is 0 Å². The number of aromatic nitrogens is 1. The number of nitrogens with zero attached hydrogens (tertiary/aromatic N) is 1. The molecule has 0 saturated heterocycles. The van der Waals surface area contributed by atoms with Gasteiger partial charge in [-0.25, -0.2) is 13.4 Å². The van der Waals surface area contributed by atoms with Gasteiger partial charge < -0.3 is 5.11 Å². The van der Waals surface area contributed by atoms with Gasteiger partial charge in [-0.05, 0) is 31.0 Å². The van der Waals surface area contributed by atoms with Crippen molar-refractivity contribution in [3.05, 3.63) is 23.8 Å². The number of carbonyl (C=O) groups is 1. The number of carboxylic acid groups (broad SMARTS) is 1. The van der Waals surface area contributed by atoms with Gasteiger partial charge in [-0.2, -0.15) is 0 Å². The first-order chi connectivity index (χ1) is 9.35. The van der Waals surface area contributed by atoms with Crippen LogP contribution in [0.15, 0.2) is 18.2 Å². The number of benzene rings is 1. The van der Waals surface area contributed by atoms with Crippen molar-refractivity contribution in [3.63, 3.8) is 0 Å². The molecule has 0 spiro atoms. The van der Waals surface area contributed by atoms with Gasteiger partial charge in [0.05, 0.1) is 16.0 Å². The number of carboxylic acids is 1. The first-order valence-corrected chi connectivity index (χ1v) is 8.42. The molecule has 0 amide bonds. The summed E-state index contributed by atoms with van der Waals surface area (Å²) in [5.41, 5.74) is 1.82. The number of hydrogen-bond acceptors (Lipinski definition) is 5. The van der Waals surface area contributed by atoms with Gasteiger partial charge >= 0.3 is 5.97 Å². The molecule has 1 aromatic heterocycles. The smallest absolute Gasteiger partial charge is 0.303 e. The van der Waals surface area contributed by atoms with Gasteiger partial charge in [-0.1, -0.05) is 17.4 Å². The van der Waals surface area contributed by atoms with Crippen LogP contribution in [0.2, 0.25) is 0 Å². The Bertz CT molecular complexity index is 737. The second-order valence-electron chi connectivity index (χ2n) is 4.41. The van der Waals surface area contributed by atoms with Crippen molar-refractivity contribution in [2.75, 3.05) is 10.5 Å². The molecule has 2 aromatic rings. The maximum atomic E-state index is 11.8. The van der Waals surface area contributed by atoms with E-state index in [1.165, 1.54) is 11.3 Å². The molecule has 0 fully saturated rings. The SMILES string of the molecule is Cc1ccc2nc(NS(=O)(=O)CCCC(=O)O)sc2c1. The van der Waals surface area contributed by atoms with Crippen molar-refractivity contribution >= 4 is 42.7 Å². The fourth-order valence-electron chi connectivity index (χ4n) is 1.67. The van der Waals surface area contributed by atoms with E-state index >= 15 is 0 Å². The van der Waals surface area contributed by atoms with Crippen LogP contribution in [0.4, 0.5) is 5.13 Å². The molecule has 2 rings (SSSR count). The average molecular weight is 314 g/mol. The average Bonchev–Trinajstić information content (AvgIpc) is 2.68. The zero-order valence-electron chi connectivity index (χ0n) is 10.8. The van der Waals surface area contributed by atoms with Gasteiger partial charge in [0.1, 0.15) is 0 Å². The highest BCUT2D eigenvalue weighted by molar-refractivity contribution is 7.92. The van der Waals surface area contributed by atoms with Gasteiger partial charge in [0, 0.05) is 6.42 Å². The van der Waals surface area contributed by atoms with Crippen molar-refractivity contribution in [1.29, 1.82) is 0 Å². The summed E-state index contributed by atoms with van der Waals surface area (Å²) in [6.07, 6.45) is -0.0887. The number of rotatable bonds is 6. The highest BCUT2D eigenvalue weighted by Gasteiger charge is 2.14. The predicted molar refractivity (Wildman–Crippen MR) is 78.6 cm³/mol. The summed E-state index contributed by atoms with van der Waals surface area (Å²) in [5.74, 6) is -1.23. The number of nitrogens with one attached hydrogen (secondary N) is 1. The Morgan fingerprint density at radius 2 is 2.20 bits per heavy atom. The summed E-state index contributed by atoms with van der Waals surface area (Å²) < 4.78 is 26.9. The number of anilines is 1. The number of hydrogen-bond donors (Lipinski definition) is 2. The fourth-order valence-corrected chi connectivity index (χ4v) is 3.97. The highest BCUT2D eigenvalue weighted by Crippen LogP contribution is 2.27. The Balaban J connectivity index is 2.08. The van der Waals surface area contributed by atoms with Crippen LogP contribution in [0, 0.1) is 6.92 Å². The van der Waals surface area contributed by atoms with E-state index in [1.54, 1.807) is 0 Å². The van der Waals surface area contributed by atoms with Crippen LogP contribution >= 0.6 is 11.3 Å². The zero-order valence-corrected chi connectivity index (χ0v) is 12.4. The lowest BCUT2D eigenvalue weighted by Crippen LogP contribution is -2.17. The van der Waals surface area contributed by atoms with Gasteiger partial charge in [-0.15, -0.1) is 0 Å². The Morgan fingerprint density at radius 3 is 2.90 bits per heavy atom. The first-order valence-electron chi connectivity index (χ1n) is 5.95. The molecule has 1 aromatic carbocycles. The molecule has 0 aliphatic rings. The number of aliphatic carboxylic acids is 1. The molecule has 1 heterocycles. The normalized spacial score (nSPS) is 11.7. The maximum Gasteiger partial charge on any atom is 0.303 e. The lowest BCUT2D eigenvalue weighted by molar-refractivity contribution is -0.137. The largest absolute Gasteiger partial charge is 0.481 e. The third-order valence-electron chi connectivity index (χ3n) is 2.59. The van der Waals surface area contributed by atoms with Crippen LogP contribution in [0.3, 0.4) is 0 Å². The number of thiazole rings is 1. The standard InChI is InChI=1S/C12H14N2O4S2/c1-8-4-5-9-10(7-8)19-12(13-9)14-20(17,18)6-2-3-11(15)16/h4-5,7H,2-3,6H2,1H3,(H,13,14)(H,15,16). The van der Waals surface area contributed by atoms with E-state index in [2.05, 4.69) is 9.71 Å². The number of fused-ring (bicyclic) bond motifs is 1. The second-order valence-corrected chi connectivity index (χ2v) is 7.28. The number of sulfonamides is 1. The van der Waals surface area contributed by atoms with E-state index in [9.17, 15) is 13.2 Å². The van der Waals surface area contributed by atoms with E-state index in [-0.39, 0.29) is 18.6 Å². The molecule has 0 unspecified atom stereocenters. The van der Waals surface area contributed by atoms with Gasteiger partial charge in [0.2, 0.25) is 10.0 Å². The van der Waals surface area contributed by atoms with Crippen LogP contribution in [0.1, 0.15) is 18.4 Å². The molecule has 0 saturated carbocycles. The number of aryl methyl sites for hydroxylation is 1. The van der Waals surface area contributed by atoms with Gasteiger partial charge in [0.25, 0.3) is 0 Å². The molecule has 8 heteroatoms. The molecule has 108 valence electrons. The van der Waals surface area contributed by atoms with Crippen molar-refractivity contribution < 1.29 is 18.3 Å². The molecule has 6 nitrogen and oxygen atoms in total. The van der Waals surface area contributed by atoms with E-state index in [1.807, 2.05) is 25.1 Å². The van der Waals surface area contributed by atoms with Crippen molar-refractivity contribution in [2.45, 2.75) is 19.8 Å². The van der Waals surface area contributed by atoms with E-state index in [4.69, 9.17) is 5.11 Å². The van der Waals surface area contributed by atoms with E-state index < -0.39 is 16.0 Å². The van der Waals surface area contributed by atoms with Crippen LogP contribution < -0.4 is 4.72 Å². The Morgan fingerprint density at radius 1 is 1.45 bits per heavy atom. The third-order valence-corrected chi connectivity index (χ3v) is 4.98. The summed E-state index contributed by atoms with van der Waals surface area (Å²) in [7, 11) is -3.55. The van der Waals surface area contributed by atoms with Crippen molar-refractivity contribution in [3.8, 4) is 0 Å². The molecule has 20 heavy (non-hydrogen) atoms. The minimum atomic E-state index is -3.55. The Kier molecular flexibility index (Phi) is 4.24. The molecule has 0 atom stereocenters. The summed E-state index contributed by atoms with van der Waals surface area (Å²) in [5, 5.41) is 8.80. The van der Waals surface area contributed by atoms with Crippen LogP contribution in [-0.4, -0.2) is 30.2 Å². The van der Waals surface area contributed by atoms with Crippen molar-refractivity contribution in [1.82, 2.24) is 4.98 Å². The van der Waals surface area contributed by atoms with Crippen LogP contribution in [0.25, 0.3) is 10.2 Å². The lowest BCUT2D eigenvalue weighted by atomic mass is 10.2. The van der Waals surface area contributed by atoms with Crippen molar-refractivity contribution in [2.24, 2.45) is 0 Å². The highest BCUT2D eigenvalue weighted by atomic mass is 32.2. The van der Waals surface area contributed by atoms with E-state index in [0.29, 0.717) is 5.13 Å². The summed E-state index contributed by atoms with van der Waals surface area (Å²) >= 11 is 1.26. The van der Waals surface area contributed by atoms with Gasteiger partial charge in [0.15, 0.2) is 5.13 Å². The first kappa shape index (κ1) is 14.7. The summed E-state index contributed by atoms with van der Waals surface area (Å²) in [6, 6.07) is 5.69. The third kappa shape index (κ3) is 3.91. The Hall–Kier alpha value is -1.67. The molecule has 0 bridgehead atoms. The zero-order chi connectivity index (χ0) is 14.8. The van der Waals surface area contributed by atoms with E-state index in [0.717, 1.165) is 15.8 Å². The molecule has 0 aliphatic heterocycles. The monoisotopic (exact) mass is 314 g/mol. The lowest BCUT2D eigenvalue weighted by Gasteiger charge is -2.03. The molecule has 0 radical (unpaired) electrons. The minimum absolute atomic E-state index is 0.0780. The van der Waals surface area contributed by atoms with Gasteiger partial charge in [-0.3, -0.25) is 9.52 Å². The molecular formula is C12H14N2O4S2. The summed E-state index contributed by atoms with van der Waals surface area (Å²) in [6.45, 7) is 1.95. The predicted octanol–water partition coefficient (Wildman–Crippen LogP) is 2.21. The quantitative estimate of drug-likeness (QED) is 0.852.